The van der Waals surface area contributed by atoms with Crippen LogP contribution in [0.4, 0.5) is 11.4 Å². The number of hydrogen-bond donors (Lipinski definition) is 2. The Balaban J connectivity index is 0.00000169. The van der Waals surface area contributed by atoms with Gasteiger partial charge in [0.1, 0.15) is 0 Å². The minimum Gasteiger partial charge on any atom is -1.00 e. The number of nitrogens with one attached hydrogen (secondary N) is 2. The van der Waals surface area contributed by atoms with Crippen LogP contribution >= 0.6 is 0 Å². The van der Waals surface area contributed by atoms with Crippen LogP contribution in [-0.2, 0) is 0 Å². The molecule has 0 fully saturated rings. The molecule has 0 aliphatic rings. The van der Waals surface area contributed by atoms with Gasteiger partial charge in [-0.15, -0.1) is 0 Å². The van der Waals surface area contributed by atoms with Gasteiger partial charge in [0, 0.05) is 23.3 Å². The first kappa shape index (κ1) is 21.8. The van der Waals surface area contributed by atoms with Gasteiger partial charge in [-0.2, -0.15) is 0 Å². The van der Waals surface area contributed by atoms with Crippen LogP contribution in [0.25, 0.3) is 0 Å². The molecule has 0 aromatic heterocycles. The van der Waals surface area contributed by atoms with Gasteiger partial charge >= 0.3 is 0 Å². The largest absolute Gasteiger partial charge is 1.00 e. The summed E-state index contributed by atoms with van der Waals surface area (Å²) >= 11 is 0. The molecule has 0 spiro atoms. The predicted molar refractivity (Wildman–Crippen MR) is 101 cm³/mol. The van der Waals surface area contributed by atoms with Crippen LogP contribution in [0.15, 0.2) is 72.8 Å². The Bertz CT molecular complexity index is 837. The summed E-state index contributed by atoms with van der Waals surface area (Å²) in [6, 6.07) is 21.2. The molecule has 26 heavy (non-hydrogen) atoms. The molecule has 0 unspecified atom stereocenters. The summed E-state index contributed by atoms with van der Waals surface area (Å²) in [4.78, 5) is 6.27. The average molecular weight is 330 g/mol. The van der Waals surface area contributed by atoms with Gasteiger partial charge in [0.2, 0.25) is 0 Å². The summed E-state index contributed by atoms with van der Waals surface area (Å²) in [7, 11) is 0. The normalized spacial score (nSPS) is 10.5. The topological polar surface area (TPSA) is 74.1 Å². The zero-order valence-corrected chi connectivity index (χ0v) is 14.9. The first-order valence-electron chi connectivity index (χ1n) is 7.54. The Morgan fingerprint density at radius 2 is 0.885 bits per heavy atom. The maximum Gasteiger partial charge on any atom is 0.275 e. The van der Waals surface area contributed by atoms with Crippen molar-refractivity contribution in [3.8, 4) is 11.5 Å². The maximum absolute atomic E-state index is 11.7. The molecule has 0 heterocycles. The molecule has 4 radical (unpaired) electrons. The third-order valence-electron chi connectivity index (χ3n) is 3.53. The van der Waals surface area contributed by atoms with Gasteiger partial charge in [-0.3, -0.25) is 0 Å². The molecule has 4 nitrogen and oxygen atoms in total. The quantitative estimate of drug-likeness (QED) is 0.463. The Morgan fingerprint density at radius 1 is 0.538 bits per heavy atom. The predicted octanol–water partition coefficient (Wildman–Crippen LogP) is -1.27. The van der Waals surface area contributed by atoms with Gasteiger partial charge in [-0.1, -0.05) is 60.0 Å². The van der Waals surface area contributed by atoms with E-state index in [2.05, 4.69) is 9.98 Å². The minimum atomic E-state index is -0.0396. The van der Waals surface area contributed by atoms with Crippen LogP contribution in [0.2, 0.25) is 0 Å². The smallest absolute Gasteiger partial charge is 0.275 e. The van der Waals surface area contributed by atoms with Crippen molar-refractivity contribution in [2.75, 3.05) is 0 Å². The van der Waals surface area contributed by atoms with E-state index in [-0.39, 0.29) is 49.2 Å². The minimum absolute atomic E-state index is 0. The van der Waals surface area contributed by atoms with E-state index in [0.29, 0.717) is 11.1 Å². The summed E-state index contributed by atoms with van der Waals surface area (Å²) in [6.07, 6.45) is 3.34. The van der Waals surface area contributed by atoms with Gasteiger partial charge in [0.25, 0.3) is 11.4 Å². The van der Waals surface area contributed by atoms with Crippen molar-refractivity contribution in [2.45, 2.75) is 0 Å². The molecule has 3 rings (SSSR count). The van der Waals surface area contributed by atoms with Crippen molar-refractivity contribution in [3.05, 3.63) is 83.9 Å². The summed E-state index contributed by atoms with van der Waals surface area (Å²) in [5.74, 6) is -0.0791. The summed E-state index contributed by atoms with van der Waals surface area (Å²) in [5.41, 5.74) is 2.78. The van der Waals surface area contributed by atoms with Crippen LogP contribution in [0.3, 0.4) is 0 Å². The van der Waals surface area contributed by atoms with Crippen LogP contribution in [0.5, 0.6) is 11.5 Å². The van der Waals surface area contributed by atoms with E-state index in [9.17, 15) is 10.2 Å². The van der Waals surface area contributed by atoms with E-state index >= 15 is 0 Å². The molecule has 3 aromatic rings. The van der Waals surface area contributed by atoms with Gasteiger partial charge in [-0.25, -0.2) is 9.98 Å². The van der Waals surface area contributed by atoms with Gasteiger partial charge in [0.05, 0.1) is 0 Å². The standard InChI is InChI=1S/C20H16N2O2.2Li/c23-19-11-5-1-7-15(19)13-21-17-9-3-4-10-18(17)22-14-16-8-2-6-12-20(16)24;;/h1-14,23-24H;;/q;2*-1. The third kappa shape index (κ3) is 5.66. The fourth-order valence-electron chi connectivity index (χ4n) is 2.25. The van der Waals surface area contributed by atoms with E-state index < -0.39 is 0 Å². The van der Waals surface area contributed by atoms with Crippen molar-refractivity contribution in [1.82, 2.24) is 0 Å². The number of para-hydroxylation sites is 4. The van der Waals surface area contributed by atoms with E-state index in [1.807, 2.05) is 36.4 Å². The molecule has 0 bridgehead atoms. The zero-order valence-electron chi connectivity index (χ0n) is 14.9. The van der Waals surface area contributed by atoms with E-state index in [0.717, 1.165) is 11.4 Å². The molecule has 2 N–H and O–H groups in total. The second-order valence-electron chi connectivity index (χ2n) is 5.20. The molecule has 0 atom stereocenters. The molecular formula is C20H16Li2N2O2-2. The summed E-state index contributed by atoms with van der Waals surface area (Å²) < 4.78 is 0. The van der Waals surface area contributed by atoms with Gasteiger partial charge in [0.15, 0.2) is 12.4 Å². The molecule has 6 heteroatoms. The van der Waals surface area contributed by atoms with E-state index in [1.165, 1.54) is 12.1 Å². The van der Waals surface area contributed by atoms with Crippen LogP contribution < -0.4 is 20.2 Å². The second kappa shape index (κ2) is 10.7. The zero-order chi connectivity index (χ0) is 16.8. The molecule has 0 aliphatic carbocycles. The number of rotatable bonds is 4. The van der Waals surface area contributed by atoms with Crippen molar-refractivity contribution >= 4 is 61.5 Å². The van der Waals surface area contributed by atoms with Crippen molar-refractivity contribution in [3.63, 3.8) is 0 Å². The first-order chi connectivity index (χ1) is 11.7. The summed E-state index contributed by atoms with van der Waals surface area (Å²) in [6.45, 7) is 0. The van der Waals surface area contributed by atoms with E-state index in [4.69, 9.17) is 0 Å². The molecular weight excluding hydrogens is 314 g/mol. The van der Waals surface area contributed by atoms with Gasteiger partial charge < -0.3 is 47.9 Å². The molecule has 122 valence electrons. The summed E-state index contributed by atoms with van der Waals surface area (Å²) in [5, 5.41) is 23.5. The molecule has 0 amide bonds. The molecule has 0 aliphatic heterocycles. The van der Waals surface area contributed by atoms with Crippen LogP contribution in [0, 0.1) is 0 Å². The third-order valence-corrected chi connectivity index (χ3v) is 3.53. The Hall–Kier alpha value is -2.21. The van der Waals surface area contributed by atoms with Crippen molar-refractivity contribution in [2.24, 2.45) is 0 Å². The fourth-order valence-corrected chi connectivity index (χ4v) is 2.25. The average Bonchev–Trinajstić information content (AvgIpc) is 2.61. The molecule has 0 saturated carbocycles. The second-order valence-corrected chi connectivity index (χ2v) is 5.20. The first-order valence-corrected chi connectivity index (χ1v) is 7.54. The number of benzene rings is 3. The van der Waals surface area contributed by atoms with Crippen LogP contribution in [-0.4, -0.2) is 50.2 Å². The van der Waals surface area contributed by atoms with E-state index in [1.54, 1.807) is 36.7 Å². The SMILES string of the molecule is [Li-].[Li-].[O-]c1ccccc1C=[NH+]c1ccccc1[NH+]=Cc1ccccc1[O-]. The Morgan fingerprint density at radius 3 is 1.27 bits per heavy atom. The Labute approximate surface area is 176 Å². The molecule has 3 aromatic carbocycles. The van der Waals surface area contributed by atoms with Crippen molar-refractivity contribution < 1.29 is 20.2 Å². The monoisotopic (exact) mass is 330 g/mol. The maximum atomic E-state index is 11.7. The molecule has 0 saturated heterocycles. The fraction of sp³-hybridized carbons (Fsp3) is 0. The Kier molecular flexibility index (Phi) is 9.00. The number of hydrogen-bond acceptors (Lipinski definition) is 2. The van der Waals surface area contributed by atoms with Crippen molar-refractivity contribution in [1.29, 1.82) is 0 Å². The van der Waals surface area contributed by atoms with Crippen LogP contribution in [0.1, 0.15) is 11.1 Å². The van der Waals surface area contributed by atoms with Gasteiger partial charge in [-0.05, 0) is 12.1 Å².